The maximum absolute atomic E-state index is 11.0. The van der Waals surface area contributed by atoms with Crippen LogP contribution < -0.4 is 0 Å². The van der Waals surface area contributed by atoms with E-state index in [4.69, 9.17) is 0 Å². The fourth-order valence-electron chi connectivity index (χ4n) is 1.68. The fraction of sp³-hybridized carbons (Fsp3) is 0.400. The highest BCUT2D eigenvalue weighted by molar-refractivity contribution is 5.83. The Balaban J connectivity index is 0.000000741. The van der Waals surface area contributed by atoms with Gasteiger partial charge in [-0.1, -0.05) is 32.0 Å². The van der Waals surface area contributed by atoms with E-state index in [1.807, 2.05) is 38.2 Å². The number of benzene rings is 1. The number of aromatic amines is 1. The summed E-state index contributed by atoms with van der Waals surface area (Å²) in [5.74, 6) is -0.166. The average Bonchev–Trinajstić information content (AvgIpc) is 2.92. The maximum atomic E-state index is 11.0. The van der Waals surface area contributed by atoms with Crippen LogP contribution in [0.15, 0.2) is 30.5 Å². The van der Waals surface area contributed by atoms with E-state index in [0.717, 1.165) is 17.5 Å². The molecule has 1 aromatic heterocycles. The monoisotopic (exact) mass is 267 g/mol. The Hall–Kier alpha value is -1.84. The molecule has 2 rings (SSSR count). The zero-order chi connectivity index (χ0) is 14.7. The van der Waals surface area contributed by atoms with Crippen LogP contribution >= 0.6 is 0 Å². The van der Waals surface area contributed by atoms with Crippen LogP contribution in [-0.4, -0.2) is 25.2 Å². The van der Waals surface area contributed by atoms with Crippen molar-refractivity contribution in [3.05, 3.63) is 36.0 Å². The first kappa shape index (κ1) is 17.2. The molecule has 0 radical (unpaired) electrons. The number of carbonyl (C=O) groups excluding carboxylic acids is 1. The predicted molar refractivity (Wildman–Crippen MR) is 77.0 cm³/mol. The summed E-state index contributed by atoms with van der Waals surface area (Å²) < 4.78 is 14.1. The number of esters is 1. The van der Waals surface area contributed by atoms with Crippen molar-refractivity contribution in [2.75, 3.05) is 14.3 Å². The Morgan fingerprint density at radius 2 is 1.89 bits per heavy atom. The molecule has 0 amide bonds. The molecule has 106 valence electrons. The number of halogens is 1. The van der Waals surface area contributed by atoms with Crippen LogP contribution in [0.1, 0.15) is 25.8 Å². The van der Waals surface area contributed by atoms with Gasteiger partial charge in [0.1, 0.15) is 0 Å². The average molecular weight is 267 g/mol. The van der Waals surface area contributed by atoms with Crippen molar-refractivity contribution < 1.29 is 13.9 Å². The number of ether oxygens (including phenoxy) is 1. The highest BCUT2D eigenvalue weighted by Gasteiger charge is 2.05. The lowest BCUT2D eigenvalue weighted by Gasteiger charge is -1.98. The van der Waals surface area contributed by atoms with Crippen LogP contribution in [0.3, 0.4) is 0 Å². The number of hydrogen-bond donors (Lipinski definition) is 1. The second kappa shape index (κ2) is 10.1. The van der Waals surface area contributed by atoms with Gasteiger partial charge in [-0.05, 0) is 18.1 Å². The van der Waals surface area contributed by atoms with E-state index in [-0.39, 0.29) is 5.97 Å². The van der Waals surface area contributed by atoms with E-state index in [2.05, 4.69) is 15.8 Å². The highest BCUT2D eigenvalue weighted by Crippen LogP contribution is 2.18. The van der Waals surface area contributed by atoms with E-state index >= 15 is 0 Å². The standard InChI is InChI=1S/C12H13NO2.C2H6.CH3F/c1-15-12(14)7-6-9-8-13-11-5-3-2-4-10(9)11;2*1-2/h2-5,8,13H,6-7H2,1H3;1-2H3;1H3. The van der Waals surface area contributed by atoms with Gasteiger partial charge in [-0.15, -0.1) is 0 Å². The van der Waals surface area contributed by atoms with Gasteiger partial charge in [0, 0.05) is 23.5 Å². The number of nitrogens with one attached hydrogen (secondary N) is 1. The van der Waals surface area contributed by atoms with Crippen molar-refractivity contribution in [1.82, 2.24) is 4.98 Å². The lowest BCUT2D eigenvalue weighted by molar-refractivity contribution is -0.140. The third kappa shape index (κ3) is 5.12. The normalized spacial score (nSPS) is 8.89. The van der Waals surface area contributed by atoms with Crippen molar-refractivity contribution in [2.24, 2.45) is 0 Å². The number of rotatable bonds is 3. The summed E-state index contributed by atoms with van der Waals surface area (Å²) in [5.41, 5.74) is 2.27. The Labute approximate surface area is 113 Å². The van der Waals surface area contributed by atoms with Crippen LogP contribution in [0, 0.1) is 0 Å². The molecule has 1 heterocycles. The predicted octanol–water partition coefficient (Wildman–Crippen LogP) is 3.89. The van der Waals surface area contributed by atoms with Crippen molar-refractivity contribution in [3.63, 3.8) is 0 Å². The van der Waals surface area contributed by atoms with E-state index in [1.54, 1.807) is 0 Å². The lowest BCUT2D eigenvalue weighted by Crippen LogP contribution is -2.01. The molecule has 0 aliphatic carbocycles. The first-order chi connectivity index (χ1) is 9.31. The molecular weight excluding hydrogens is 245 g/mol. The number of para-hydroxylation sites is 1. The SMILES string of the molecule is CC.CF.COC(=O)CCc1c[nH]c2ccccc12. The van der Waals surface area contributed by atoms with Gasteiger partial charge in [-0.3, -0.25) is 9.18 Å². The molecule has 0 spiro atoms. The van der Waals surface area contributed by atoms with Crippen molar-refractivity contribution in [3.8, 4) is 0 Å². The van der Waals surface area contributed by atoms with Gasteiger partial charge in [0.05, 0.1) is 14.3 Å². The van der Waals surface area contributed by atoms with Gasteiger partial charge in [0.25, 0.3) is 0 Å². The molecule has 0 saturated carbocycles. The lowest BCUT2D eigenvalue weighted by atomic mass is 10.1. The molecule has 0 aliphatic heterocycles. The fourth-order valence-corrected chi connectivity index (χ4v) is 1.68. The molecule has 3 nitrogen and oxygen atoms in total. The van der Waals surface area contributed by atoms with Gasteiger partial charge in [-0.2, -0.15) is 0 Å². The molecule has 1 aromatic carbocycles. The van der Waals surface area contributed by atoms with Gasteiger partial charge in [0.2, 0.25) is 0 Å². The van der Waals surface area contributed by atoms with Gasteiger partial charge in [0.15, 0.2) is 0 Å². The van der Waals surface area contributed by atoms with E-state index in [1.165, 1.54) is 12.5 Å². The summed E-state index contributed by atoms with van der Waals surface area (Å²) in [6, 6.07) is 8.07. The molecule has 2 aromatic rings. The Bertz CT molecular complexity index is 480. The molecule has 0 atom stereocenters. The van der Waals surface area contributed by atoms with E-state index in [9.17, 15) is 9.18 Å². The van der Waals surface area contributed by atoms with Crippen LogP contribution in [0.5, 0.6) is 0 Å². The summed E-state index contributed by atoms with van der Waals surface area (Å²) in [6.07, 6.45) is 3.10. The topological polar surface area (TPSA) is 42.1 Å². The highest BCUT2D eigenvalue weighted by atomic mass is 19.1. The van der Waals surface area contributed by atoms with Gasteiger partial charge < -0.3 is 9.72 Å². The zero-order valence-corrected chi connectivity index (χ0v) is 12.0. The number of hydrogen-bond acceptors (Lipinski definition) is 2. The molecule has 0 bridgehead atoms. The van der Waals surface area contributed by atoms with Crippen LogP contribution in [0.25, 0.3) is 10.9 Å². The van der Waals surface area contributed by atoms with Crippen molar-refractivity contribution in [1.29, 1.82) is 0 Å². The Kier molecular flexibility index (Phi) is 9.14. The number of aromatic nitrogens is 1. The minimum Gasteiger partial charge on any atom is -0.469 e. The quantitative estimate of drug-likeness (QED) is 0.857. The minimum absolute atomic E-state index is 0.166. The van der Waals surface area contributed by atoms with Crippen LogP contribution in [0.2, 0.25) is 0 Å². The number of methoxy groups -OCH3 is 1. The second-order valence-corrected chi connectivity index (χ2v) is 3.44. The van der Waals surface area contributed by atoms with E-state index in [0.29, 0.717) is 13.6 Å². The molecule has 19 heavy (non-hydrogen) atoms. The van der Waals surface area contributed by atoms with Crippen molar-refractivity contribution >= 4 is 16.9 Å². The third-order valence-corrected chi connectivity index (χ3v) is 2.50. The number of carbonyl (C=O) groups is 1. The number of alkyl halides is 1. The van der Waals surface area contributed by atoms with Crippen LogP contribution in [0.4, 0.5) is 4.39 Å². The first-order valence-corrected chi connectivity index (χ1v) is 6.31. The number of H-pyrrole nitrogens is 1. The van der Waals surface area contributed by atoms with Crippen molar-refractivity contribution in [2.45, 2.75) is 26.7 Å². The molecule has 0 aliphatic rings. The first-order valence-electron chi connectivity index (χ1n) is 6.31. The number of aryl methyl sites for hydroxylation is 1. The number of fused-ring (bicyclic) bond motifs is 1. The van der Waals surface area contributed by atoms with Gasteiger partial charge in [-0.25, -0.2) is 0 Å². The molecule has 0 fully saturated rings. The summed E-state index contributed by atoms with van der Waals surface area (Å²) in [6.45, 7) is 4.00. The van der Waals surface area contributed by atoms with E-state index < -0.39 is 0 Å². The minimum atomic E-state index is -0.166. The summed E-state index contributed by atoms with van der Waals surface area (Å²) in [5, 5.41) is 1.18. The second-order valence-electron chi connectivity index (χ2n) is 3.44. The molecule has 4 heteroatoms. The third-order valence-electron chi connectivity index (χ3n) is 2.50. The van der Waals surface area contributed by atoms with Crippen LogP contribution in [-0.2, 0) is 16.0 Å². The summed E-state index contributed by atoms with van der Waals surface area (Å²) in [4.78, 5) is 14.2. The Morgan fingerprint density at radius 3 is 2.53 bits per heavy atom. The largest absolute Gasteiger partial charge is 0.469 e. The molecule has 0 saturated heterocycles. The Morgan fingerprint density at radius 1 is 1.26 bits per heavy atom. The maximum Gasteiger partial charge on any atom is 0.305 e. The summed E-state index contributed by atoms with van der Waals surface area (Å²) in [7, 11) is 1.91. The zero-order valence-electron chi connectivity index (χ0n) is 12.0. The van der Waals surface area contributed by atoms with Gasteiger partial charge >= 0.3 is 5.97 Å². The molecule has 1 N–H and O–H groups in total. The smallest absolute Gasteiger partial charge is 0.305 e. The summed E-state index contributed by atoms with van der Waals surface area (Å²) >= 11 is 0. The molecular formula is C15H22FNO2. The molecule has 0 unspecified atom stereocenters.